The third-order valence-corrected chi connectivity index (χ3v) is 6.98. The average molecular weight is 429 g/mol. The van der Waals surface area contributed by atoms with Gasteiger partial charge >= 0.3 is 5.69 Å². The standard InChI is InChI=1S/C21H23N3O5S/c1-11-13-9-16(29-5)15(28-4)8-12(13)6-7-24(11)19(26)17-10-14-18(25)22(2)21(27)23(3)20(14)30-17/h8-11H,6-7H2,1-5H3. The topological polar surface area (TPSA) is 82.8 Å². The largest absolute Gasteiger partial charge is 0.493 e. The van der Waals surface area contributed by atoms with Crippen molar-refractivity contribution in [2.75, 3.05) is 20.8 Å². The molecule has 2 aromatic heterocycles. The molecule has 3 aromatic rings. The van der Waals surface area contributed by atoms with E-state index in [-0.39, 0.29) is 11.9 Å². The quantitative estimate of drug-likeness (QED) is 0.637. The van der Waals surface area contributed by atoms with Crippen LogP contribution in [0.15, 0.2) is 27.8 Å². The number of ether oxygens (including phenoxy) is 2. The average Bonchev–Trinajstić information content (AvgIpc) is 3.21. The summed E-state index contributed by atoms with van der Waals surface area (Å²) in [6, 6.07) is 5.31. The van der Waals surface area contributed by atoms with Crippen molar-refractivity contribution in [2.24, 2.45) is 14.1 Å². The molecule has 1 aliphatic heterocycles. The number of methoxy groups -OCH3 is 2. The van der Waals surface area contributed by atoms with Gasteiger partial charge in [0.2, 0.25) is 0 Å². The van der Waals surface area contributed by atoms with E-state index < -0.39 is 11.2 Å². The van der Waals surface area contributed by atoms with Gasteiger partial charge in [0.15, 0.2) is 11.5 Å². The van der Waals surface area contributed by atoms with Gasteiger partial charge in [-0.2, -0.15) is 0 Å². The molecule has 30 heavy (non-hydrogen) atoms. The molecule has 0 saturated heterocycles. The van der Waals surface area contributed by atoms with E-state index in [1.54, 1.807) is 32.2 Å². The molecule has 8 nitrogen and oxygen atoms in total. The molecule has 0 spiro atoms. The van der Waals surface area contributed by atoms with Crippen LogP contribution in [-0.4, -0.2) is 40.7 Å². The number of amides is 1. The van der Waals surface area contributed by atoms with E-state index in [0.717, 1.165) is 15.7 Å². The molecule has 1 atom stereocenters. The monoisotopic (exact) mass is 429 g/mol. The molecule has 9 heteroatoms. The molecule has 1 amide bonds. The number of benzene rings is 1. The first-order valence-electron chi connectivity index (χ1n) is 9.53. The van der Waals surface area contributed by atoms with E-state index in [1.165, 1.54) is 23.0 Å². The van der Waals surface area contributed by atoms with Crippen LogP contribution in [0.4, 0.5) is 0 Å². The second kappa shape index (κ2) is 7.32. The molecule has 158 valence electrons. The van der Waals surface area contributed by atoms with Crippen molar-refractivity contribution in [3.05, 3.63) is 55.0 Å². The Hall–Kier alpha value is -3.07. The molecule has 0 aliphatic carbocycles. The van der Waals surface area contributed by atoms with Crippen LogP contribution >= 0.6 is 11.3 Å². The summed E-state index contributed by atoms with van der Waals surface area (Å²) in [7, 11) is 6.23. The summed E-state index contributed by atoms with van der Waals surface area (Å²) >= 11 is 1.17. The van der Waals surface area contributed by atoms with Crippen molar-refractivity contribution in [3.63, 3.8) is 0 Å². The number of rotatable bonds is 3. The van der Waals surface area contributed by atoms with Crippen molar-refractivity contribution in [1.29, 1.82) is 0 Å². The number of hydrogen-bond acceptors (Lipinski definition) is 6. The lowest BCUT2D eigenvalue weighted by Gasteiger charge is -2.35. The zero-order valence-corrected chi connectivity index (χ0v) is 18.3. The Kier molecular flexibility index (Phi) is 4.93. The molecule has 1 unspecified atom stereocenters. The summed E-state index contributed by atoms with van der Waals surface area (Å²) in [5.41, 5.74) is 1.33. The second-order valence-electron chi connectivity index (χ2n) is 7.37. The smallest absolute Gasteiger partial charge is 0.331 e. The maximum atomic E-state index is 13.3. The summed E-state index contributed by atoms with van der Waals surface area (Å²) in [6.07, 6.45) is 0.691. The molecular formula is C21H23N3O5S. The predicted octanol–water partition coefficient (Wildman–Crippen LogP) is 2.08. The Bertz CT molecular complexity index is 1290. The fourth-order valence-corrected chi connectivity index (χ4v) is 5.09. The van der Waals surface area contributed by atoms with Crippen molar-refractivity contribution < 1.29 is 14.3 Å². The maximum absolute atomic E-state index is 13.3. The first-order valence-corrected chi connectivity index (χ1v) is 10.4. The zero-order chi connectivity index (χ0) is 21.7. The van der Waals surface area contributed by atoms with Crippen LogP contribution in [0.3, 0.4) is 0 Å². The van der Waals surface area contributed by atoms with Crippen molar-refractivity contribution in [1.82, 2.24) is 14.0 Å². The van der Waals surface area contributed by atoms with E-state index in [1.807, 2.05) is 19.1 Å². The third kappa shape index (κ3) is 2.92. The van der Waals surface area contributed by atoms with Crippen LogP contribution in [0, 0.1) is 0 Å². The third-order valence-electron chi connectivity index (χ3n) is 5.78. The Morgan fingerprint density at radius 1 is 1.07 bits per heavy atom. The van der Waals surface area contributed by atoms with Gasteiger partial charge < -0.3 is 14.4 Å². The molecular weight excluding hydrogens is 406 g/mol. The number of nitrogens with zero attached hydrogens (tertiary/aromatic N) is 3. The Morgan fingerprint density at radius 2 is 1.73 bits per heavy atom. The highest BCUT2D eigenvalue weighted by Gasteiger charge is 2.31. The van der Waals surface area contributed by atoms with Crippen LogP contribution in [0.1, 0.15) is 33.8 Å². The van der Waals surface area contributed by atoms with E-state index in [2.05, 4.69) is 0 Å². The summed E-state index contributed by atoms with van der Waals surface area (Å²) in [5.74, 6) is 1.14. The fourth-order valence-electron chi connectivity index (χ4n) is 4.03. The number of hydrogen-bond donors (Lipinski definition) is 0. The van der Waals surface area contributed by atoms with Gasteiger partial charge in [0.05, 0.1) is 30.5 Å². The van der Waals surface area contributed by atoms with Gasteiger partial charge in [0.1, 0.15) is 4.83 Å². The van der Waals surface area contributed by atoms with Gasteiger partial charge in [-0.05, 0) is 42.7 Å². The van der Waals surface area contributed by atoms with Crippen LogP contribution in [0.25, 0.3) is 10.2 Å². The second-order valence-corrected chi connectivity index (χ2v) is 8.40. The number of fused-ring (bicyclic) bond motifs is 2. The molecule has 0 bridgehead atoms. The van der Waals surface area contributed by atoms with Gasteiger partial charge in [-0.3, -0.25) is 18.7 Å². The van der Waals surface area contributed by atoms with Gasteiger partial charge in [-0.1, -0.05) is 0 Å². The van der Waals surface area contributed by atoms with Crippen LogP contribution < -0.4 is 20.7 Å². The minimum absolute atomic E-state index is 0.154. The summed E-state index contributed by atoms with van der Waals surface area (Å²) in [5, 5.41) is 0.379. The van der Waals surface area contributed by atoms with Gasteiger partial charge in [-0.25, -0.2) is 4.79 Å². The molecule has 1 aromatic carbocycles. The number of thiophene rings is 1. The molecule has 4 rings (SSSR count). The van der Waals surface area contributed by atoms with E-state index in [9.17, 15) is 14.4 Å². The van der Waals surface area contributed by atoms with Crippen LogP contribution in [0.5, 0.6) is 11.5 Å². The predicted molar refractivity (Wildman–Crippen MR) is 115 cm³/mol. The van der Waals surface area contributed by atoms with Gasteiger partial charge in [0.25, 0.3) is 11.5 Å². The minimum Gasteiger partial charge on any atom is -0.493 e. The maximum Gasteiger partial charge on any atom is 0.331 e. The first-order chi connectivity index (χ1) is 14.3. The molecule has 3 heterocycles. The van der Waals surface area contributed by atoms with Gasteiger partial charge in [-0.15, -0.1) is 11.3 Å². The number of carbonyl (C=O) groups is 1. The van der Waals surface area contributed by atoms with Crippen LogP contribution in [-0.2, 0) is 20.5 Å². The van der Waals surface area contributed by atoms with E-state index in [0.29, 0.717) is 39.6 Å². The van der Waals surface area contributed by atoms with Crippen molar-refractivity contribution in [2.45, 2.75) is 19.4 Å². The van der Waals surface area contributed by atoms with Crippen molar-refractivity contribution in [3.8, 4) is 11.5 Å². The van der Waals surface area contributed by atoms with E-state index in [4.69, 9.17) is 9.47 Å². The summed E-state index contributed by atoms with van der Waals surface area (Å²) < 4.78 is 13.3. The Balaban J connectivity index is 1.75. The highest BCUT2D eigenvalue weighted by Crippen LogP contribution is 2.38. The molecule has 0 N–H and O–H groups in total. The van der Waals surface area contributed by atoms with Crippen LogP contribution in [0.2, 0.25) is 0 Å². The first kappa shape index (κ1) is 20.2. The highest BCUT2D eigenvalue weighted by atomic mass is 32.1. The summed E-state index contributed by atoms with van der Waals surface area (Å²) in [6.45, 7) is 2.53. The number of carbonyl (C=O) groups excluding carboxylic acids is 1. The molecule has 1 aliphatic rings. The lowest BCUT2D eigenvalue weighted by atomic mass is 9.92. The van der Waals surface area contributed by atoms with Crippen molar-refractivity contribution >= 4 is 27.5 Å². The lowest BCUT2D eigenvalue weighted by molar-refractivity contribution is 0.0682. The Morgan fingerprint density at radius 3 is 2.40 bits per heavy atom. The number of aryl methyl sites for hydroxylation is 1. The molecule has 0 fully saturated rings. The van der Waals surface area contributed by atoms with E-state index >= 15 is 0 Å². The fraction of sp³-hybridized carbons (Fsp3) is 0.381. The Labute approximate surface area is 176 Å². The normalized spacial score (nSPS) is 15.9. The molecule has 0 radical (unpaired) electrons. The lowest BCUT2D eigenvalue weighted by Crippen LogP contribution is -2.38. The van der Waals surface area contributed by atoms with Gasteiger partial charge in [0, 0.05) is 20.6 Å². The highest BCUT2D eigenvalue weighted by molar-refractivity contribution is 7.20. The SMILES string of the molecule is COc1cc2c(cc1OC)C(C)N(C(=O)c1cc3c(=O)n(C)c(=O)n(C)c3s1)CC2. The zero-order valence-electron chi connectivity index (χ0n) is 17.5. The molecule has 0 saturated carbocycles. The summed E-state index contributed by atoms with van der Waals surface area (Å²) in [4.78, 5) is 40.8. The number of aromatic nitrogens is 2. The minimum atomic E-state index is -0.408.